The summed E-state index contributed by atoms with van der Waals surface area (Å²) in [6.07, 6.45) is 6.14. The number of nitrogens with zero attached hydrogens (tertiary/aromatic N) is 3. The van der Waals surface area contributed by atoms with E-state index >= 15 is 0 Å². The van der Waals surface area contributed by atoms with Gasteiger partial charge in [0.25, 0.3) is 5.56 Å². The molecule has 0 bridgehead atoms. The number of nitrogens with two attached hydrogens (primary N) is 1. The molecule has 0 saturated carbocycles. The van der Waals surface area contributed by atoms with Crippen molar-refractivity contribution in [2.24, 2.45) is 0 Å². The van der Waals surface area contributed by atoms with E-state index in [-0.39, 0.29) is 35.8 Å². The lowest BCUT2D eigenvalue weighted by molar-refractivity contribution is 0.0510. The van der Waals surface area contributed by atoms with E-state index in [1.165, 1.54) is 0 Å². The molecule has 2 heterocycles. The number of fused-ring (bicyclic) bond motifs is 1. The third-order valence-corrected chi connectivity index (χ3v) is 3.25. The molecule has 0 amide bonds. The maximum atomic E-state index is 11.7. The van der Waals surface area contributed by atoms with Gasteiger partial charge in [0.2, 0.25) is 5.95 Å². The first-order valence-electron chi connectivity index (χ1n) is 6.32. The molecule has 1 aliphatic rings. The van der Waals surface area contributed by atoms with Crippen molar-refractivity contribution in [3.05, 3.63) is 28.8 Å². The van der Waals surface area contributed by atoms with Gasteiger partial charge in [-0.25, -0.2) is 4.98 Å². The predicted octanol–water partition coefficient (Wildman–Crippen LogP) is -0.420. The first-order valence-corrected chi connectivity index (χ1v) is 6.32. The second kappa shape index (κ2) is 5.06. The van der Waals surface area contributed by atoms with Crippen molar-refractivity contribution in [3.63, 3.8) is 0 Å². The molecule has 0 aliphatic heterocycles. The first kappa shape index (κ1) is 12.8. The van der Waals surface area contributed by atoms with E-state index in [1.54, 1.807) is 10.9 Å². The molecular weight excluding hydrogens is 262 g/mol. The van der Waals surface area contributed by atoms with Gasteiger partial charge < -0.3 is 20.1 Å². The average molecular weight is 277 g/mol. The Labute approximate surface area is 113 Å². The molecule has 0 radical (unpaired) electrons. The number of aliphatic hydroxyl groups excluding tert-OH is 1. The van der Waals surface area contributed by atoms with Crippen LogP contribution >= 0.6 is 0 Å². The summed E-state index contributed by atoms with van der Waals surface area (Å²) >= 11 is 0. The lowest BCUT2D eigenvalue weighted by Crippen LogP contribution is -2.15. The maximum Gasteiger partial charge on any atom is 0.280 e. The molecule has 0 spiro atoms. The summed E-state index contributed by atoms with van der Waals surface area (Å²) in [5, 5.41) is 8.75. The van der Waals surface area contributed by atoms with Crippen LogP contribution in [0.5, 0.6) is 0 Å². The fourth-order valence-electron chi connectivity index (χ4n) is 2.37. The Morgan fingerprint density at radius 2 is 2.40 bits per heavy atom. The number of allylic oxidation sites excluding steroid dienone is 1. The van der Waals surface area contributed by atoms with Crippen molar-refractivity contribution in [2.45, 2.75) is 18.6 Å². The molecule has 4 N–H and O–H groups in total. The molecule has 2 aromatic heterocycles. The molecule has 0 unspecified atom stereocenters. The average Bonchev–Trinajstić information content (AvgIpc) is 3.02. The van der Waals surface area contributed by atoms with E-state index in [1.807, 2.05) is 12.2 Å². The van der Waals surface area contributed by atoms with Gasteiger partial charge in [0.1, 0.15) is 0 Å². The van der Waals surface area contributed by atoms with E-state index in [2.05, 4.69) is 15.0 Å². The van der Waals surface area contributed by atoms with Crippen molar-refractivity contribution >= 4 is 17.1 Å². The van der Waals surface area contributed by atoms with Crippen LogP contribution in [-0.2, 0) is 4.74 Å². The van der Waals surface area contributed by atoms with E-state index in [0.717, 1.165) is 0 Å². The highest BCUT2D eigenvalue weighted by molar-refractivity contribution is 5.70. The quantitative estimate of drug-likeness (QED) is 0.653. The predicted molar refractivity (Wildman–Crippen MR) is 72.2 cm³/mol. The number of anilines is 1. The normalized spacial score (nSPS) is 21.9. The second-order valence-electron chi connectivity index (χ2n) is 4.60. The van der Waals surface area contributed by atoms with Gasteiger partial charge in [0, 0.05) is 6.42 Å². The number of hydrogen-bond donors (Lipinski definition) is 3. The van der Waals surface area contributed by atoms with E-state index < -0.39 is 0 Å². The minimum absolute atomic E-state index is 0.00349. The standard InChI is InChI=1S/C12H15N5O3/c13-12-15-10-9(11(19)16-12)14-6-17(10)7-1-2-8(5-7)20-4-3-18/h1-2,6-8,18H,3-5H2,(H3,13,15,16,19)/t7-,8+/m0/s1. The molecule has 106 valence electrons. The number of imidazole rings is 1. The number of aromatic nitrogens is 4. The largest absolute Gasteiger partial charge is 0.394 e. The van der Waals surface area contributed by atoms with Crippen LogP contribution in [0.3, 0.4) is 0 Å². The summed E-state index contributed by atoms with van der Waals surface area (Å²) in [5.41, 5.74) is 5.95. The lowest BCUT2D eigenvalue weighted by Gasteiger charge is -2.14. The Balaban J connectivity index is 1.89. The molecule has 2 atom stereocenters. The number of H-pyrrole nitrogens is 1. The van der Waals surface area contributed by atoms with Crippen molar-refractivity contribution in [2.75, 3.05) is 18.9 Å². The Morgan fingerprint density at radius 1 is 1.55 bits per heavy atom. The highest BCUT2D eigenvalue weighted by Gasteiger charge is 2.23. The SMILES string of the molecule is Nc1nc2c(ncn2[C@H]2C=C[C@@H](OCCO)C2)c(=O)[nH]1. The summed E-state index contributed by atoms with van der Waals surface area (Å²) in [4.78, 5) is 22.3. The lowest BCUT2D eigenvalue weighted by atomic mass is 10.2. The second-order valence-corrected chi connectivity index (χ2v) is 4.60. The van der Waals surface area contributed by atoms with Crippen molar-refractivity contribution in [1.29, 1.82) is 0 Å². The van der Waals surface area contributed by atoms with Crippen LogP contribution < -0.4 is 11.3 Å². The molecule has 3 rings (SSSR count). The van der Waals surface area contributed by atoms with Gasteiger partial charge in [-0.1, -0.05) is 12.2 Å². The summed E-state index contributed by atoms with van der Waals surface area (Å²) in [6, 6.07) is 0.0115. The Bertz CT molecular complexity index is 705. The van der Waals surface area contributed by atoms with Crippen LogP contribution in [0.4, 0.5) is 5.95 Å². The smallest absolute Gasteiger partial charge is 0.280 e. The summed E-state index contributed by atoms with van der Waals surface area (Å²) in [7, 11) is 0. The Hall–Kier alpha value is -2.19. The molecule has 0 aromatic carbocycles. The number of aliphatic hydroxyl groups is 1. The molecule has 8 heteroatoms. The van der Waals surface area contributed by atoms with Crippen LogP contribution in [0.1, 0.15) is 12.5 Å². The third-order valence-electron chi connectivity index (χ3n) is 3.25. The van der Waals surface area contributed by atoms with Gasteiger partial charge in [-0.3, -0.25) is 9.78 Å². The zero-order chi connectivity index (χ0) is 14.1. The van der Waals surface area contributed by atoms with Gasteiger partial charge >= 0.3 is 0 Å². The Morgan fingerprint density at radius 3 is 3.20 bits per heavy atom. The fourth-order valence-corrected chi connectivity index (χ4v) is 2.37. The highest BCUT2D eigenvalue weighted by atomic mass is 16.5. The third kappa shape index (κ3) is 2.19. The highest BCUT2D eigenvalue weighted by Crippen LogP contribution is 2.27. The van der Waals surface area contributed by atoms with Crippen molar-refractivity contribution in [1.82, 2.24) is 19.5 Å². The zero-order valence-corrected chi connectivity index (χ0v) is 10.7. The monoisotopic (exact) mass is 277 g/mol. The van der Waals surface area contributed by atoms with E-state index in [4.69, 9.17) is 15.6 Å². The number of ether oxygens (including phenoxy) is 1. The van der Waals surface area contributed by atoms with Crippen LogP contribution in [0.25, 0.3) is 11.2 Å². The van der Waals surface area contributed by atoms with Crippen LogP contribution in [-0.4, -0.2) is 43.9 Å². The molecule has 0 saturated heterocycles. The summed E-state index contributed by atoms with van der Waals surface area (Å²) in [5.74, 6) is 0.0688. The molecule has 20 heavy (non-hydrogen) atoms. The summed E-state index contributed by atoms with van der Waals surface area (Å²) in [6.45, 7) is 0.299. The zero-order valence-electron chi connectivity index (χ0n) is 10.7. The van der Waals surface area contributed by atoms with Crippen LogP contribution in [0, 0.1) is 0 Å². The van der Waals surface area contributed by atoms with E-state index in [0.29, 0.717) is 18.7 Å². The molecule has 8 nitrogen and oxygen atoms in total. The van der Waals surface area contributed by atoms with Gasteiger partial charge in [0.15, 0.2) is 11.2 Å². The van der Waals surface area contributed by atoms with Gasteiger partial charge in [-0.2, -0.15) is 4.98 Å². The fraction of sp³-hybridized carbons (Fsp3) is 0.417. The number of rotatable bonds is 4. The maximum absolute atomic E-state index is 11.7. The number of hydrogen-bond acceptors (Lipinski definition) is 6. The molecule has 0 fully saturated rings. The minimum atomic E-state index is -0.346. The molecule has 2 aromatic rings. The van der Waals surface area contributed by atoms with Crippen molar-refractivity contribution in [3.8, 4) is 0 Å². The number of nitrogens with one attached hydrogen (secondary N) is 1. The van der Waals surface area contributed by atoms with Crippen molar-refractivity contribution < 1.29 is 9.84 Å². The van der Waals surface area contributed by atoms with Crippen LogP contribution in [0.2, 0.25) is 0 Å². The molecule has 1 aliphatic carbocycles. The Kier molecular flexibility index (Phi) is 3.25. The van der Waals surface area contributed by atoms with Gasteiger partial charge in [-0.15, -0.1) is 0 Å². The van der Waals surface area contributed by atoms with Gasteiger partial charge in [-0.05, 0) is 0 Å². The summed E-state index contributed by atoms with van der Waals surface area (Å²) < 4.78 is 7.26. The number of aromatic amines is 1. The first-order chi connectivity index (χ1) is 9.69. The van der Waals surface area contributed by atoms with Crippen LogP contribution in [0.15, 0.2) is 23.3 Å². The minimum Gasteiger partial charge on any atom is -0.394 e. The number of nitrogen functional groups attached to an aromatic ring is 1. The topological polar surface area (TPSA) is 119 Å². The molecular formula is C12H15N5O3. The van der Waals surface area contributed by atoms with E-state index in [9.17, 15) is 4.79 Å². The van der Waals surface area contributed by atoms with Gasteiger partial charge in [0.05, 0.1) is 31.7 Å².